The van der Waals surface area contributed by atoms with Crippen LogP contribution in [-0.4, -0.2) is 9.55 Å². The molecular weight excluding hydrogens is 277 g/mol. The molecule has 0 fully saturated rings. The van der Waals surface area contributed by atoms with E-state index in [4.69, 9.17) is 12.2 Å². The van der Waals surface area contributed by atoms with Crippen molar-refractivity contribution >= 4 is 11.0 Å². The Morgan fingerprint density at radius 1 is 1.23 bits per heavy atom. The van der Waals surface area contributed by atoms with E-state index in [0.29, 0.717) is 24.3 Å². The summed E-state index contributed by atoms with van der Waals surface area (Å²) in [5.74, 6) is 2.97. The van der Waals surface area contributed by atoms with Crippen LogP contribution in [0.25, 0.3) is 11.0 Å². The number of rotatable bonds is 4. The molecule has 1 heterocycles. The molecule has 0 aliphatic rings. The standard InChI is InChI=1S/C18H16FN3/c1-2-10-22-17-9-8-14(19)12-16(17)21-18(22)15(20)11-13-6-4-3-5-7-13/h1,3-9,12,15H,10-11,20H2. The molecular formula is C18H16FN3. The number of hydrogen-bond donors (Lipinski definition) is 1. The lowest BCUT2D eigenvalue weighted by Gasteiger charge is -2.13. The molecule has 0 saturated heterocycles. The van der Waals surface area contributed by atoms with Crippen molar-refractivity contribution in [3.05, 3.63) is 65.7 Å². The summed E-state index contributed by atoms with van der Waals surface area (Å²) < 4.78 is 15.3. The monoisotopic (exact) mass is 293 g/mol. The second-order valence-corrected chi connectivity index (χ2v) is 5.19. The Hall–Kier alpha value is -2.64. The number of fused-ring (bicyclic) bond motifs is 1. The third-order valence-corrected chi connectivity index (χ3v) is 3.62. The van der Waals surface area contributed by atoms with Gasteiger partial charge in [0, 0.05) is 6.07 Å². The molecule has 3 nitrogen and oxygen atoms in total. The van der Waals surface area contributed by atoms with Crippen molar-refractivity contribution in [1.29, 1.82) is 0 Å². The van der Waals surface area contributed by atoms with E-state index in [0.717, 1.165) is 11.1 Å². The minimum absolute atomic E-state index is 0.300. The Balaban J connectivity index is 2.01. The molecule has 2 N–H and O–H groups in total. The lowest BCUT2D eigenvalue weighted by molar-refractivity contribution is 0.626. The van der Waals surface area contributed by atoms with Gasteiger partial charge < -0.3 is 10.3 Å². The molecule has 0 bridgehead atoms. The average Bonchev–Trinajstić information content (AvgIpc) is 2.87. The van der Waals surface area contributed by atoms with Crippen molar-refractivity contribution in [2.24, 2.45) is 5.73 Å². The quantitative estimate of drug-likeness (QED) is 0.751. The van der Waals surface area contributed by atoms with E-state index >= 15 is 0 Å². The zero-order chi connectivity index (χ0) is 15.5. The van der Waals surface area contributed by atoms with Gasteiger partial charge in [0.05, 0.1) is 23.6 Å². The Labute approximate surface area is 128 Å². The molecule has 1 aromatic heterocycles. The van der Waals surface area contributed by atoms with Crippen LogP contribution in [0, 0.1) is 18.2 Å². The summed E-state index contributed by atoms with van der Waals surface area (Å²) in [4.78, 5) is 4.49. The molecule has 0 spiro atoms. The minimum atomic E-state index is -0.318. The molecule has 0 radical (unpaired) electrons. The van der Waals surface area contributed by atoms with Crippen molar-refractivity contribution in [1.82, 2.24) is 9.55 Å². The number of nitrogens with two attached hydrogens (primary N) is 1. The minimum Gasteiger partial charge on any atom is -0.321 e. The maximum absolute atomic E-state index is 13.4. The van der Waals surface area contributed by atoms with Crippen molar-refractivity contribution < 1.29 is 4.39 Å². The lowest BCUT2D eigenvalue weighted by atomic mass is 10.1. The van der Waals surface area contributed by atoms with Crippen molar-refractivity contribution in [3.8, 4) is 12.3 Å². The maximum atomic E-state index is 13.4. The predicted molar refractivity (Wildman–Crippen MR) is 85.6 cm³/mol. The van der Waals surface area contributed by atoms with Crippen LogP contribution < -0.4 is 5.73 Å². The SMILES string of the molecule is C#CCn1c(C(N)Cc2ccccc2)nc2cc(F)ccc21. The number of aromatic nitrogens is 2. The summed E-state index contributed by atoms with van der Waals surface area (Å²) in [5.41, 5.74) is 8.82. The topological polar surface area (TPSA) is 43.8 Å². The number of nitrogens with zero attached hydrogens (tertiary/aromatic N) is 2. The van der Waals surface area contributed by atoms with Gasteiger partial charge in [-0.25, -0.2) is 9.37 Å². The van der Waals surface area contributed by atoms with Gasteiger partial charge in [-0.3, -0.25) is 0 Å². The van der Waals surface area contributed by atoms with E-state index < -0.39 is 0 Å². The van der Waals surface area contributed by atoms with E-state index in [2.05, 4.69) is 10.9 Å². The molecule has 0 aliphatic carbocycles. The predicted octanol–water partition coefficient (Wildman–Crippen LogP) is 3.05. The van der Waals surface area contributed by atoms with Crippen molar-refractivity contribution in [2.45, 2.75) is 19.0 Å². The molecule has 3 aromatic rings. The third-order valence-electron chi connectivity index (χ3n) is 3.62. The summed E-state index contributed by atoms with van der Waals surface area (Å²) in [6, 6.07) is 14.2. The summed E-state index contributed by atoms with van der Waals surface area (Å²) in [6.45, 7) is 0.361. The molecule has 2 aromatic carbocycles. The molecule has 22 heavy (non-hydrogen) atoms. The fraction of sp³-hybridized carbons (Fsp3) is 0.167. The van der Waals surface area contributed by atoms with E-state index in [-0.39, 0.29) is 11.9 Å². The van der Waals surface area contributed by atoms with Crippen LogP contribution in [0.15, 0.2) is 48.5 Å². The second-order valence-electron chi connectivity index (χ2n) is 5.19. The maximum Gasteiger partial charge on any atom is 0.128 e. The molecule has 3 rings (SSSR count). The molecule has 0 saturated carbocycles. The molecule has 0 aliphatic heterocycles. The van der Waals surface area contributed by atoms with Gasteiger partial charge in [0.15, 0.2) is 0 Å². The number of hydrogen-bond acceptors (Lipinski definition) is 2. The first-order chi connectivity index (χ1) is 10.7. The molecule has 4 heteroatoms. The molecule has 110 valence electrons. The average molecular weight is 293 g/mol. The highest BCUT2D eigenvalue weighted by atomic mass is 19.1. The van der Waals surface area contributed by atoms with Gasteiger partial charge in [0.2, 0.25) is 0 Å². The first-order valence-electron chi connectivity index (χ1n) is 7.07. The van der Waals surface area contributed by atoms with Crippen LogP contribution in [0.5, 0.6) is 0 Å². The Morgan fingerprint density at radius 2 is 2.00 bits per heavy atom. The van der Waals surface area contributed by atoms with Gasteiger partial charge in [-0.15, -0.1) is 6.42 Å². The highest BCUT2D eigenvalue weighted by Gasteiger charge is 2.17. The number of imidazole rings is 1. The molecule has 1 atom stereocenters. The first kappa shape index (κ1) is 14.3. The van der Waals surface area contributed by atoms with Gasteiger partial charge in [-0.1, -0.05) is 36.3 Å². The second kappa shape index (κ2) is 6.00. The van der Waals surface area contributed by atoms with Crippen molar-refractivity contribution in [3.63, 3.8) is 0 Å². The number of halogens is 1. The molecule has 0 amide bonds. The van der Waals surface area contributed by atoms with Gasteiger partial charge in [0.1, 0.15) is 11.6 Å². The molecule has 1 unspecified atom stereocenters. The lowest BCUT2D eigenvalue weighted by Crippen LogP contribution is -2.19. The van der Waals surface area contributed by atoms with E-state index in [1.54, 1.807) is 6.07 Å². The zero-order valence-corrected chi connectivity index (χ0v) is 12.0. The summed E-state index contributed by atoms with van der Waals surface area (Å²) in [6.07, 6.45) is 6.10. The van der Waals surface area contributed by atoms with Crippen LogP contribution in [-0.2, 0) is 13.0 Å². The fourth-order valence-corrected chi connectivity index (χ4v) is 2.62. The summed E-state index contributed by atoms with van der Waals surface area (Å²) >= 11 is 0. The summed E-state index contributed by atoms with van der Waals surface area (Å²) in [7, 11) is 0. The van der Waals surface area contributed by atoms with Gasteiger partial charge in [-0.05, 0) is 24.1 Å². The van der Waals surface area contributed by atoms with Crippen molar-refractivity contribution in [2.75, 3.05) is 0 Å². The number of benzene rings is 2. The highest BCUT2D eigenvalue weighted by molar-refractivity contribution is 5.76. The fourth-order valence-electron chi connectivity index (χ4n) is 2.62. The van der Waals surface area contributed by atoms with E-state index in [9.17, 15) is 4.39 Å². The normalized spacial score (nSPS) is 12.2. The van der Waals surface area contributed by atoms with Gasteiger partial charge in [-0.2, -0.15) is 0 Å². The van der Waals surface area contributed by atoms with Crippen LogP contribution in [0.4, 0.5) is 4.39 Å². The van der Waals surface area contributed by atoms with Crippen LogP contribution in [0.2, 0.25) is 0 Å². The van der Waals surface area contributed by atoms with Crippen LogP contribution >= 0.6 is 0 Å². The highest BCUT2D eigenvalue weighted by Crippen LogP contribution is 2.22. The Kier molecular flexibility index (Phi) is 3.90. The Bertz CT molecular complexity index is 831. The zero-order valence-electron chi connectivity index (χ0n) is 12.0. The van der Waals surface area contributed by atoms with Gasteiger partial charge >= 0.3 is 0 Å². The third kappa shape index (κ3) is 2.72. The largest absolute Gasteiger partial charge is 0.321 e. The smallest absolute Gasteiger partial charge is 0.128 e. The van der Waals surface area contributed by atoms with Crippen LogP contribution in [0.3, 0.4) is 0 Å². The van der Waals surface area contributed by atoms with E-state index in [1.165, 1.54) is 12.1 Å². The first-order valence-corrected chi connectivity index (χ1v) is 7.07. The number of terminal acetylenes is 1. The van der Waals surface area contributed by atoms with Gasteiger partial charge in [0.25, 0.3) is 0 Å². The Morgan fingerprint density at radius 3 is 2.73 bits per heavy atom. The summed E-state index contributed by atoms with van der Waals surface area (Å²) in [5, 5.41) is 0. The van der Waals surface area contributed by atoms with E-state index in [1.807, 2.05) is 34.9 Å². The van der Waals surface area contributed by atoms with Crippen LogP contribution in [0.1, 0.15) is 17.4 Å².